The number of allylic oxidation sites excluding steroid dienone is 1. The summed E-state index contributed by atoms with van der Waals surface area (Å²) in [5.74, 6) is -1.77. The molecule has 3 fully saturated rings. The van der Waals surface area contributed by atoms with Gasteiger partial charge in [0.05, 0.1) is 30.4 Å². The van der Waals surface area contributed by atoms with Gasteiger partial charge in [-0.05, 0) is 87.3 Å². The van der Waals surface area contributed by atoms with Gasteiger partial charge in [-0.1, -0.05) is 48.6 Å². The fourth-order valence-electron chi connectivity index (χ4n) is 7.63. The maximum absolute atomic E-state index is 13.6. The molecule has 2 heterocycles. The monoisotopic (exact) mass is 685 g/mol. The van der Waals surface area contributed by atoms with E-state index in [0.29, 0.717) is 42.1 Å². The van der Waals surface area contributed by atoms with Gasteiger partial charge in [-0.3, -0.25) is 9.59 Å². The van der Waals surface area contributed by atoms with Crippen LogP contribution in [0.4, 0.5) is 0 Å². The SMILES string of the molecule is CC(C)(C)OC(=O)CCC(CO)NC(=O)C1=CC2OC3(Cc4ccccc4C3)OC2C(OC(=O)c2ccc(C=CC3CCC4OC4C3)cc2)C1. The van der Waals surface area contributed by atoms with Crippen LogP contribution in [0.1, 0.15) is 86.3 Å². The number of nitrogens with one attached hydrogen (secondary N) is 1. The van der Waals surface area contributed by atoms with E-state index in [1.807, 2.05) is 24.3 Å². The lowest BCUT2D eigenvalue weighted by atomic mass is 9.89. The lowest BCUT2D eigenvalue weighted by Gasteiger charge is -2.31. The van der Waals surface area contributed by atoms with Gasteiger partial charge in [-0.2, -0.15) is 0 Å². The average Bonchev–Trinajstić information content (AvgIpc) is 3.64. The second kappa shape index (κ2) is 14.1. The fourth-order valence-corrected chi connectivity index (χ4v) is 7.63. The molecule has 50 heavy (non-hydrogen) atoms. The summed E-state index contributed by atoms with van der Waals surface area (Å²) >= 11 is 0. The van der Waals surface area contributed by atoms with Gasteiger partial charge in [0.1, 0.15) is 23.9 Å². The van der Waals surface area contributed by atoms with Crippen LogP contribution in [-0.4, -0.2) is 77.5 Å². The number of hydrogen-bond donors (Lipinski definition) is 2. The van der Waals surface area contributed by atoms with E-state index in [4.69, 9.17) is 23.7 Å². The third-order valence-electron chi connectivity index (χ3n) is 10.2. The molecule has 2 aliphatic heterocycles. The molecule has 1 spiro atoms. The first-order valence-electron chi connectivity index (χ1n) is 17.9. The van der Waals surface area contributed by atoms with Gasteiger partial charge in [-0.15, -0.1) is 0 Å². The van der Waals surface area contributed by atoms with Crippen molar-refractivity contribution < 1.29 is 43.2 Å². The summed E-state index contributed by atoms with van der Waals surface area (Å²) in [4.78, 5) is 39.4. The number of amides is 1. The number of benzene rings is 2. The van der Waals surface area contributed by atoms with Crippen molar-refractivity contribution in [3.63, 3.8) is 0 Å². The molecule has 2 aromatic rings. The van der Waals surface area contributed by atoms with Gasteiger partial charge in [0.15, 0.2) is 5.79 Å². The van der Waals surface area contributed by atoms with E-state index in [9.17, 15) is 19.5 Å². The van der Waals surface area contributed by atoms with E-state index in [0.717, 1.165) is 36.0 Å². The predicted molar refractivity (Wildman–Crippen MR) is 184 cm³/mol. The quantitative estimate of drug-likeness (QED) is 0.262. The van der Waals surface area contributed by atoms with Crippen LogP contribution in [0, 0.1) is 5.92 Å². The number of carbonyl (C=O) groups excluding carboxylic acids is 3. The van der Waals surface area contributed by atoms with Gasteiger partial charge < -0.3 is 34.1 Å². The molecule has 1 amide bonds. The molecule has 2 aromatic carbocycles. The van der Waals surface area contributed by atoms with Gasteiger partial charge in [-0.25, -0.2) is 4.79 Å². The predicted octanol–water partition coefficient (Wildman–Crippen LogP) is 5.00. The van der Waals surface area contributed by atoms with E-state index in [1.165, 1.54) is 0 Å². The standard InChI is InChI=1S/C40H47NO9/c1-39(2,3)49-35(43)17-15-30(23-42)41-37(44)29-19-33(36-34(20-29)48-40(50-36)21-27-6-4-5-7-28(27)22-40)47-38(45)26-13-10-24(11-14-26)8-9-25-12-16-31-32(18-25)46-31/h4-11,13-14,20,25,30-34,36,42H,12,15-19,21-23H2,1-3H3,(H,41,44). The van der Waals surface area contributed by atoms with Crippen molar-refractivity contribution >= 4 is 23.9 Å². The van der Waals surface area contributed by atoms with Crippen LogP contribution in [0.3, 0.4) is 0 Å². The zero-order valence-electron chi connectivity index (χ0n) is 29.0. The minimum absolute atomic E-state index is 0.0395. The zero-order valence-corrected chi connectivity index (χ0v) is 29.0. The number of rotatable bonds is 10. The third-order valence-corrected chi connectivity index (χ3v) is 10.2. The molecule has 5 aliphatic rings. The molecule has 266 valence electrons. The molecule has 3 aliphatic carbocycles. The zero-order chi connectivity index (χ0) is 35.0. The summed E-state index contributed by atoms with van der Waals surface area (Å²) in [6, 6.07) is 14.7. The Morgan fingerprint density at radius 1 is 1.02 bits per heavy atom. The van der Waals surface area contributed by atoms with Crippen molar-refractivity contribution in [2.45, 2.75) is 120 Å². The van der Waals surface area contributed by atoms with Crippen LogP contribution in [0.2, 0.25) is 0 Å². The smallest absolute Gasteiger partial charge is 0.338 e. The molecule has 7 unspecified atom stereocenters. The number of epoxide rings is 1. The molecule has 7 rings (SSSR count). The minimum Gasteiger partial charge on any atom is -0.460 e. The number of fused-ring (bicyclic) bond motifs is 3. The highest BCUT2D eigenvalue weighted by molar-refractivity contribution is 5.94. The Hall–Kier alpha value is -3.83. The maximum atomic E-state index is 13.6. The molecule has 2 saturated heterocycles. The number of aliphatic hydroxyl groups excluding tert-OH is 1. The third kappa shape index (κ3) is 8.04. The van der Waals surface area contributed by atoms with Crippen LogP contribution in [0.25, 0.3) is 6.08 Å². The van der Waals surface area contributed by atoms with Crippen molar-refractivity contribution in [1.82, 2.24) is 5.32 Å². The Morgan fingerprint density at radius 3 is 2.44 bits per heavy atom. The van der Waals surface area contributed by atoms with Crippen LogP contribution in [-0.2, 0) is 46.1 Å². The maximum Gasteiger partial charge on any atom is 0.338 e. The van der Waals surface area contributed by atoms with Crippen molar-refractivity contribution in [3.05, 3.63) is 88.5 Å². The highest BCUT2D eigenvalue weighted by Crippen LogP contribution is 2.45. The van der Waals surface area contributed by atoms with E-state index in [2.05, 4.69) is 29.6 Å². The van der Waals surface area contributed by atoms with Gasteiger partial charge in [0.2, 0.25) is 5.91 Å². The second-order valence-electron chi connectivity index (χ2n) is 15.3. The number of esters is 2. The number of ether oxygens (including phenoxy) is 5. The Kier molecular flexibility index (Phi) is 9.73. The molecule has 10 nitrogen and oxygen atoms in total. The Bertz CT molecular complexity index is 1630. The number of aliphatic hydroxyl groups is 1. The summed E-state index contributed by atoms with van der Waals surface area (Å²) in [5.41, 5.74) is 3.41. The van der Waals surface area contributed by atoms with Gasteiger partial charge in [0, 0.05) is 31.3 Å². The molecule has 0 aromatic heterocycles. The summed E-state index contributed by atoms with van der Waals surface area (Å²) < 4.78 is 30.3. The molecule has 10 heteroatoms. The van der Waals surface area contributed by atoms with E-state index in [-0.39, 0.29) is 25.9 Å². The van der Waals surface area contributed by atoms with Crippen molar-refractivity contribution in [2.75, 3.05) is 6.61 Å². The minimum atomic E-state index is -0.925. The van der Waals surface area contributed by atoms with Crippen LogP contribution in [0.15, 0.2) is 66.3 Å². The first kappa shape index (κ1) is 34.6. The summed E-state index contributed by atoms with van der Waals surface area (Å²) in [6.45, 7) is 5.01. The first-order valence-corrected chi connectivity index (χ1v) is 17.9. The normalized spacial score (nSPS) is 28.3. The molecular formula is C40H47NO9. The lowest BCUT2D eigenvalue weighted by Crippen LogP contribution is -2.45. The Balaban J connectivity index is 1.03. The molecule has 7 atom stereocenters. The molecule has 1 saturated carbocycles. The lowest BCUT2D eigenvalue weighted by molar-refractivity contribution is -0.172. The highest BCUT2D eigenvalue weighted by Gasteiger charge is 2.55. The molecule has 0 bridgehead atoms. The Labute approximate surface area is 293 Å². The average molecular weight is 686 g/mol. The van der Waals surface area contributed by atoms with E-state index < -0.39 is 53.6 Å². The second-order valence-corrected chi connectivity index (χ2v) is 15.3. The van der Waals surface area contributed by atoms with Crippen molar-refractivity contribution in [1.29, 1.82) is 0 Å². The first-order chi connectivity index (χ1) is 24.0. The molecule has 0 radical (unpaired) electrons. The van der Waals surface area contributed by atoms with Gasteiger partial charge >= 0.3 is 11.9 Å². The topological polar surface area (TPSA) is 133 Å². The highest BCUT2D eigenvalue weighted by atomic mass is 16.8. The molecular weight excluding hydrogens is 638 g/mol. The van der Waals surface area contributed by atoms with Crippen LogP contribution < -0.4 is 5.32 Å². The fraction of sp³-hybridized carbons (Fsp3) is 0.525. The van der Waals surface area contributed by atoms with E-state index in [1.54, 1.807) is 39.0 Å². The van der Waals surface area contributed by atoms with Crippen molar-refractivity contribution in [3.8, 4) is 0 Å². The van der Waals surface area contributed by atoms with Gasteiger partial charge in [0.25, 0.3) is 0 Å². The largest absolute Gasteiger partial charge is 0.460 e. The number of carbonyl (C=O) groups is 3. The van der Waals surface area contributed by atoms with Crippen LogP contribution >= 0.6 is 0 Å². The summed E-state index contributed by atoms with van der Waals surface area (Å²) in [5, 5.41) is 12.9. The van der Waals surface area contributed by atoms with Crippen LogP contribution in [0.5, 0.6) is 0 Å². The molecule has 2 N–H and O–H groups in total. The summed E-state index contributed by atoms with van der Waals surface area (Å²) in [6.07, 6.45) is 9.69. The summed E-state index contributed by atoms with van der Waals surface area (Å²) in [7, 11) is 0. The van der Waals surface area contributed by atoms with E-state index >= 15 is 0 Å². The Morgan fingerprint density at radius 2 is 1.76 bits per heavy atom. The van der Waals surface area contributed by atoms with Crippen molar-refractivity contribution in [2.24, 2.45) is 5.92 Å². The number of hydrogen-bond acceptors (Lipinski definition) is 9.